The van der Waals surface area contributed by atoms with E-state index >= 15 is 0 Å². The Bertz CT molecular complexity index is 1640. The average Bonchev–Trinajstić information content (AvgIpc) is 3.05. The Kier molecular flexibility index (Phi) is 10.7. The summed E-state index contributed by atoms with van der Waals surface area (Å²) in [7, 11) is -3.98. The molecular formula is C36H46ClN3O7S. The molecule has 6 rings (SSSR count). The highest BCUT2D eigenvalue weighted by molar-refractivity contribution is 7.90. The van der Waals surface area contributed by atoms with E-state index in [0.717, 1.165) is 48.9 Å². The third kappa shape index (κ3) is 7.85. The minimum absolute atomic E-state index is 0.0777. The summed E-state index contributed by atoms with van der Waals surface area (Å²) in [6.07, 6.45) is 8.22. The number of carbonyl (C=O) groups is 2. The SMILES string of the molecule is C[C@@H]1[C@@H](C)C/C=C/[C@H](OCC(=O)N2CC(O)C2)[C@@H]2CC[C@H]2CN2CCCCc3cc(Cl)ccc3COc3ccc(cc32)C(=O)NS1(=O)=O. The molecule has 10 nitrogen and oxygen atoms in total. The second-order valence-corrected chi connectivity index (χ2v) is 16.3. The van der Waals surface area contributed by atoms with Crippen molar-refractivity contribution < 1.29 is 32.6 Å². The number of aliphatic hydroxyl groups excluding tert-OH is 1. The van der Waals surface area contributed by atoms with Crippen molar-refractivity contribution in [2.45, 2.75) is 76.4 Å². The van der Waals surface area contributed by atoms with Crippen LogP contribution in [0.1, 0.15) is 67.4 Å². The summed E-state index contributed by atoms with van der Waals surface area (Å²) < 4.78 is 41.8. The van der Waals surface area contributed by atoms with E-state index in [-0.39, 0.29) is 41.9 Å². The van der Waals surface area contributed by atoms with E-state index < -0.39 is 27.3 Å². The largest absolute Gasteiger partial charge is 0.487 e. The average molecular weight is 700 g/mol. The fraction of sp³-hybridized carbons (Fsp3) is 0.556. The van der Waals surface area contributed by atoms with E-state index in [1.54, 1.807) is 30.0 Å². The molecule has 2 N–H and O–H groups in total. The highest BCUT2D eigenvalue weighted by atomic mass is 35.5. The van der Waals surface area contributed by atoms with Crippen LogP contribution < -0.4 is 14.4 Å². The lowest BCUT2D eigenvalue weighted by Crippen LogP contribution is -2.55. The number of hydrogen-bond acceptors (Lipinski definition) is 8. The van der Waals surface area contributed by atoms with Crippen molar-refractivity contribution in [2.75, 3.05) is 37.7 Å². The number of nitrogens with one attached hydrogen (secondary N) is 1. The number of halogens is 1. The van der Waals surface area contributed by atoms with E-state index in [4.69, 9.17) is 21.1 Å². The lowest BCUT2D eigenvalue weighted by molar-refractivity contribution is -0.149. The number of aryl methyl sites for hydroxylation is 1. The molecule has 2 aromatic carbocycles. The van der Waals surface area contributed by atoms with Gasteiger partial charge in [0.05, 0.1) is 23.1 Å². The minimum atomic E-state index is -3.98. The molecule has 0 aromatic heterocycles. The Hall–Kier alpha value is -3.12. The fourth-order valence-electron chi connectivity index (χ4n) is 7.06. The van der Waals surface area contributed by atoms with Gasteiger partial charge in [0, 0.05) is 36.8 Å². The molecule has 2 fully saturated rings. The van der Waals surface area contributed by atoms with Crippen LogP contribution in [0, 0.1) is 17.8 Å². The zero-order valence-corrected chi connectivity index (χ0v) is 29.2. The maximum Gasteiger partial charge on any atom is 0.264 e. The van der Waals surface area contributed by atoms with Crippen molar-refractivity contribution in [3.63, 3.8) is 0 Å². The Morgan fingerprint density at radius 2 is 1.90 bits per heavy atom. The number of β-amino-alcohol motifs (C(OH)–C–C–N with tert-alkyl or cyclic N) is 1. The summed E-state index contributed by atoms with van der Waals surface area (Å²) in [5.41, 5.74) is 3.20. The van der Waals surface area contributed by atoms with Gasteiger partial charge in [0.25, 0.3) is 5.91 Å². The molecule has 2 aromatic rings. The van der Waals surface area contributed by atoms with E-state index in [2.05, 4.69) is 9.62 Å². The van der Waals surface area contributed by atoms with Crippen molar-refractivity contribution >= 4 is 39.1 Å². The maximum atomic E-state index is 13.4. The van der Waals surface area contributed by atoms with Gasteiger partial charge in [0.1, 0.15) is 19.0 Å². The predicted molar refractivity (Wildman–Crippen MR) is 185 cm³/mol. The van der Waals surface area contributed by atoms with Gasteiger partial charge >= 0.3 is 0 Å². The summed E-state index contributed by atoms with van der Waals surface area (Å²) in [5, 5.41) is 9.52. The van der Waals surface area contributed by atoms with Gasteiger partial charge in [-0.25, -0.2) is 13.1 Å². The van der Waals surface area contributed by atoms with Crippen molar-refractivity contribution in [1.82, 2.24) is 9.62 Å². The first kappa shape index (κ1) is 34.7. The topological polar surface area (TPSA) is 125 Å². The number of amides is 2. The van der Waals surface area contributed by atoms with Crippen molar-refractivity contribution in [2.24, 2.45) is 17.8 Å². The first-order valence-corrected chi connectivity index (χ1v) is 19.0. The number of carbonyl (C=O) groups excluding carboxylic acids is 2. The van der Waals surface area contributed by atoms with E-state index in [0.29, 0.717) is 50.0 Å². The third-order valence-electron chi connectivity index (χ3n) is 10.6. The number of nitrogens with zero attached hydrogens (tertiary/aromatic N) is 2. The number of likely N-dealkylation sites (tertiary alicyclic amines) is 1. The number of benzene rings is 2. The Balaban J connectivity index is 1.33. The molecule has 2 amide bonds. The molecule has 1 saturated carbocycles. The van der Waals surface area contributed by atoms with E-state index in [9.17, 15) is 23.1 Å². The molecule has 12 heteroatoms. The Labute approximate surface area is 288 Å². The van der Waals surface area contributed by atoms with Crippen molar-refractivity contribution in [3.8, 4) is 5.75 Å². The highest BCUT2D eigenvalue weighted by Crippen LogP contribution is 2.42. The molecule has 48 heavy (non-hydrogen) atoms. The third-order valence-corrected chi connectivity index (χ3v) is 12.7. The molecule has 3 aliphatic heterocycles. The second kappa shape index (κ2) is 14.8. The van der Waals surface area contributed by atoms with Crippen LogP contribution in [-0.2, 0) is 32.6 Å². The molecule has 260 valence electrons. The van der Waals surface area contributed by atoms with Crippen LogP contribution in [0.25, 0.3) is 0 Å². The molecule has 1 aliphatic carbocycles. The van der Waals surface area contributed by atoms with Gasteiger partial charge in [-0.2, -0.15) is 0 Å². The van der Waals surface area contributed by atoms with Gasteiger partial charge in [0.2, 0.25) is 15.9 Å². The molecule has 3 heterocycles. The standard InChI is InChI=1S/C36H46ClN3O7S/c1-23-6-5-8-33(47-22-35(42)40-19-30(41)20-40)31-13-10-27(31)18-39-15-4-3-7-25-16-29(37)12-9-28(25)21-46-34-14-11-26(17-32(34)39)36(43)38-48(44,45)24(23)2/h5,8-9,11-12,14,16-17,23-24,27,30-31,33,41H,3-4,6-7,10,13,15,18-22H2,1-2H3,(H,38,43)/b8-5+/t23-,24+,27-,31+,33-/m0/s1. The summed E-state index contributed by atoms with van der Waals surface area (Å²) in [6.45, 7) is 5.77. The van der Waals surface area contributed by atoms with E-state index in [1.807, 2.05) is 37.3 Å². The number of sulfonamides is 1. The van der Waals surface area contributed by atoms with Gasteiger partial charge in [-0.1, -0.05) is 36.7 Å². The predicted octanol–water partition coefficient (Wildman–Crippen LogP) is 4.72. The number of fused-ring (bicyclic) bond motifs is 3. The van der Waals surface area contributed by atoms with Crippen molar-refractivity contribution in [1.29, 1.82) is 0 Å². The normalized spacial score (nSPS) is 28.7. The molecule has 4 aliphatic rings. The van der Waals surface area contributed by atoms with Gasteiger partial charge < -0.3 is 24.4 Å². The number of rotatable bonds is 3. The maximum absolute atomic E-state index is 13.4. The van der Waals surface area contributed by atoms with Crippen LogP contribution in [0.2, 0.25) is 5.02 Å². The Morgan fingerprint density at radius 3 is 2.65 bits per heavy atom. The zero-order valence-electron chi connectivity index (χ0n) is 27.6. The van der Waals surface area contributed by atoms with Gasteiger partial charge in [-0.15, -0.1) is 0 Å². The highest BCUT2D eigenvalue weighted by Gasteiger charge is 2.39. The number of anilines is 1. The van der Waals surface area contributed by atoms with Crippen LogP contribution in [0.3, 0.4) is 0 Å². The van der Waals surface area contributed by atoms with Crippen LogP contribution in [0.15, 0.2) is 48.6 Å². The smallest absolute Gasteiger partial charge is 0.264 e. The van der Waals surface area contributed by atoms with Gasteiger partial charge in [-0.3, -0.25) is 9.59 Å². The summed E-state index contributed by atoms with van der Waals surface area (Å²) >= 11 is 6.34. The van der Waals surface area contributed by atoms with Crippen LogP contribution >= 0.6 is 11.6 Å². The molecule has 1 saturated heterocycles. The first-order valence-electron chi connectivity index (χ1n) is 17.1. The van der Waals surface area contributed by atoms with Crippen LogP contribution in [0.4, 0.5) is 5.69 Å². The molecule has 0 radical (unpaired) electrons. The van der Waals surface area contributed by atoms with Gasteiger partial charge in [0.15, 0.2) is 0 Å². The fourth-order valence-corrected chi connectivity index (χ4v) is 8.54. The summed E-state index contributed by atoms with van der Waals surface area (Å²) in [5.74, 6) is -0.0593. The number of ether oxygens (including phenoxy) is 2. The molecule has 2 bridgehead atoms. The molecular weight excluding hydrogens is 654 g/mol. The summed E-state index contributed by atoms with van der Waals surface area (Å²) in [4.78, 5) is 30.1. The number of aliphatic hydroxyl groups is 1. The van der Waals surface area contributed by atoms with Crippen LogP contribution in [0.5, 0.6) is 5.75 Å². The quantitative estimate of drug-likeness (QED) is 0.441. The molecule has 5 atom stereocenters. The Morgan fingerprint density at radius 1 is 1.08 bits per heavy atom. The minimum Gasteiger partial charge on any atom is -0.487 e. The van der Waals surface area contributed by atoms with Crippen molar-refractivity contribution in [3.05, 3.63) is 70.3 Å². The zero-order chi connectivity index (χ0) is 34.0. The molecule has 0 spiro atoms. The van der Waals surface area contributed by atoms with Crippen LogP contribution in [-0.4, -0.2) is 80.5 Å². The first-order chi connectivity index (χ1) is 23.0. The summed E-state index contributed by atoms with van der Waals surface area (Å²) in [6, 6.07) is 11.0. The molecule has 0 unspecified atom stereocenters. The lowest BCUT2D eigenvalue weighted by Gasteiger charge is -2.44. The number of allylic oxidation sites excluding steroid dienone is 1. The van der Waals surface area contributed by atoms with E-state index in [1.165, 1.54) is 0 Å². The number of hydrogen-bond donors (Lipinski definition) is 2. The lowest BCUT2D eigenvalue weighted by atomic mass is 9.70. The second-order valence-electron chi connectivity index (χ2n) is 13.8. The monoisotopic (exact) mass is 699 g/mol. The van der Waals surface area contributed by atoms with Gasteiger partial charge in [-0.05, 0) is 105 Å².